The molecule has 3 rings (SSSR count). The molecule has 11 heteroatoms. The van der Waals surface area contributed by atoms with Crippen LogP contribution in [0.15, 0.2) is 63.8 Å². The van der Waals surface area contributed by atoms with Gasteiger partial charge in [0.05, 0.1) is 17.7 Å². The number of benzene rings is 2. The molecule has 3 aromatic rings. The molecule has 1 aromatic heterocycles. The van der Waals surface area contributed by atoms with Crippen molar-refractivity contribution < 1.29 is 17.9 Å². The van der Waals surface area contributed by atoms with E-state index in [1.54, 1.807) is 42.5 Å². The largest absolute Gasteiger partial charge is 0.497 e. The van der Waals surface area contributed by atoms with Gasteiger partial charge in [-0.15, -0.1) is 10.2 Å². The quantitative estimate of drug-likeness (QED) is 0.382. The third-order valence-corrected chi connectivity index (χ3v) is 7.54. The average Bonchev–Trinajstić information content (AvgIpc) is 3.19. The summed E-state index contributed by atoms with van der Waals surface area (Å²) in [6.07, 6.45) is 0. The van der Waals surface area contributed by atoms with E-state index in [1.807, 2.05) is 6.92 Å². The Morgan fingerprint density at radius 3 is 2.47 bits per heavy atom. The number of thioether (sulfide) groups is 1. The lowest BCUT2D eigenvalue weighted by Gasteiger charge is -2.23. The van der Waals surface area contributed by atoms with Crippen LogP contribution in [-0.4, -0.2) is 43.9 Å². The maximum Gasteiger partial charge on any atom is 0.264 e. The van der Waals surface area contributed by atoms with Crippen molar-refractivity contribution in [3.63, 3.8) is 0 Å². The molecule has 0 bridgehead atoms. The Morgan fingerprint density at radius 2 is 1.83 bits per heavy atom. The Labute approximate surface area is 183 Å². The van der Waals surface area contributed by atoms with Gasteiger partial charge >= 0.3 is 0 Å². The molecule has 0 saturated carbocycles. The number of amides is 1. The van der Waals surface area contributed by atoms with E-state index >= 15 is 0 Å². The van der Waals surface area contributed by atoms with E-state index in [4.69, 9.17) is 4.74 Å². The van der Waals surface area contributed by atoms with Crippen molar-refractivity contribution in [2.24, 2.45) is 0 Å². The molecule has 0 unspecified atom stereocenters. The summed E-state index contributed by atoms with van der Waals surface area (Å²) < 4.78 is 33.5. The third kappa shape index (κ3) is 5.29. The number of para-hydroxylation sites is 1. The predicted octanol–water partition coefficient (Wildman–Crippen LogP) is 3.49. The van der Waals surface area contributed by atoms with Crippen LogP contribution in [0.2, 0.25) is 0 Å². The molecular formula is C19H20N4O4S3. The summed E-state index contributed by atoms with van der Waals surface area (Å²) in [6, 6.07) is 14.5. The van der Waals surface area contributed by atoms with Crippen LogP contribution in [0.5, 0.6) is 5.75 Å². The first-order chi connectivity index (χ1) is 14.4. The standard InChI is InChI=1S/C19H20N4O4S3/c1-3-28-19-22-21-18(29-19)20-17(24)13-23(14-7-5-4-6-8-14)30(25,26)16-11-9-15(27-2)10-12-16/h4-12H,3,13H2,1-2H3,(H,20,21,24). The van der Waals surface area contributed by atoms with Gasteiger partial charge in [-0.2, -0.15) is 0 Å². The molecule has 0 radical (unpaired) electrons. The molecule has 0 atom stereocenters. The smallest absolute Gasteiger partial charge is 0.264 e. The van der Waals surface area contributed by atoms with Crippen molar-refractivity contribution in [1.29, 1.82) is 0 Å². The van der Waals surface area contributed by atoms with E-state index < -0.39 is 22.5 Å². The molecule has 1 N–H and O–H groups in total. The molecule has 0 fully saturated rings. The Hall–Kier alpha value is -2.63. The number of nitrogens with one attached hydrogen (secondary N) is 1. The molecule has 30 heavy (non-hydrogen) atoms. The molecule has 0 spiro atoms. The van der Waals surface area contributed by atoms with E-state index in [-0.39, 0.29) is 4.90 Å². The predicted molar refractivity (Wildman–Crippen MR) is 119 cm³/mol. The van der Waals surface area contributed by atoms with Gasteiger partial charge in [-0.25, -0.2) is 8.42 Å². The van der Waals surface area contributed by atoms with Gasteiger partial charge in [0, 0.05) is 0 Å². The molecule has 158 valence electrons. The molecule has 2 aromatic carbocycles. The van der Waals surface area contributed by atoms with Crippen LogP contribution in [0.3, 0.4) is 0 Å². The number of methoxy groups -OCH3 is 1. The Kier molecular flexibility index (Phi) is 7.29. The number of aromatic nitrogens is 2. The maximum atomic E-state index is 13.3. The van der Waals surface area contributed by atoms with E-state index in [2.05, 4.69) is 15.5 Å². The first-order valence-electron chi connectivity index (χ1n) is 8.92. The third-order valence-electron chi connectivity index (χ3n) is 3.90. The van der Waals surface area contributed by atoms with Gasteiger partial charge in [-0.1, -0.05) is 48.2 Å². The number of carbonyl (C=O) groups excluding carboxylic acids is 1. The van der Waals surface area contributed by atoms with E-state index in [1.165, 1.54) is 42.3 Å². The number of carbonyl (C=O) groups is 1. The van der Waals surface area contributed by atoms with E-state index in [9.17, 15) is 13.2 Å². The maximum absolute atomic E-state index is 13.3. The molecule has 8 nitrogen and oxygen atoms in total. The monoisotopic (exact) mass is 464 g/mol. The van der Waals surface area contributed by atoms with E-state index in [0.717, 1.165) is 14.4 Å². The summed E-state index contributed by atoms with van der Waals surface area (Å²) >= 11 is 2.76. The van der Waals surface area contributed by atoms with Gasteiger partial charge in [-0.05, 0) is 42.2 Å². The minimum Gasteiger partial charge on any atom is -0.497 e. The van der Waals surface area contributed by atoms with Gasteiger partial charge in [0.25, 0.3) is 10.0 Å². The topological polar surface area (TPSA) is 101 Å². The molecule has 0 saturated heterocycles. The SMILES string of the molecule is CCSc1nnc(NC(=O)CN(c2ccccc2)S(=O)(=O)c2ccc(OC)cc2)s1. The highest BCUT2D eigenvalue weighted by Gasteiger charge is 2.27. The van der Waals surface area contributed by atoms with Crippen LogP contribution in [0.4, 0.5) is 10.8 Å². The summed E-state index contributed by atoms with van der Waals surface area (Å²) in [6.45, 7) is 1.58. The van der Waals surface area contributed by atoms with Gasteiger partial charge in [-0.3, -0.25) is 14.4 Å². The van der Waals surface area contributed by atoms with Gasteiger partial charge in [0.2, 0.25) is 11.0 Å². The fraction of sp³-hybridized carbons (Fsp3) is 0.211. The second kappa shape index (κ2) is 9.92. The zero-order valence-corrected chi connectivity index (χ0v) is 18.8. The molecule has 1 amide bonds. The number of hydrogen-bond acceptors (Lipinski definition) is 8. The number of nitrogens with zero attached hydrogens (tertiary/aromatic N) is 3. The summed E-state index contributed by atoms with van der Waals surface area (Å²) in [5.41, 5.74) is 0.378. The number of anilines is 2. The van der Waals surface area contributed by atoms with Crippen LogP contribution in [0.1, 0.15) is 6.92 Å². The number of hydrogen-bond donors (Lipinski definition) is 1. The molecule has 0 aliphatic heterocycles. The average molecular weight is 465 g/mol. The first-order valence-corrected chi connectivity index (χ1v) is 12.2. The molecular weight excluding hydrogens is 444 g/mol. The highest BCUT2D eigenvalue weighted by molar-refractivity contribution is 8.01. The van der Waals surface area contributed by atoms with Gasteiger partial charge < -0.3 is 4.74 Å². The van der Waals surface area contributed by atoms with Crippen molar-refractivity contribution in [1.82, 2.24) is 10.2 Å². The number of sulfonamides is 1. The minimum absolute atomic E-state index is 0.0532. The normalized spacial score (nSPS) is 11.1. The van der Waals surface area contributed by atoms with Crippen LogP contribution < -0.4 is 14.4 Å². The van der Waals surface area contributed by atoms with Crippen molar-refractivity contribution in [2.75, 3.05) is 29.0 Å². The second-order valence-corrected chi connectivity index (χ2v) is 10.2. The fourth-order valence-corrected chi connectivity index (χ4v) is 5.60. The van der Waals surface area contributed by atoms with Crippen molar-refractivity contribution in [3.8, 4) is 5.75 Å². The highest BCUT2D eigenvalue weighted by Crippen LogP contribution is 2.27. The summed E-state index contributed by atoms with van der Waals surface area (Å²) in [4.78, 5) is 12.7. The highest BCUT2D eigenvalue weighted by atomic mass is 32.2. The summed E-state index contributed by atoms with van der Waals surface area (Å²) in [5.74, 6) is 0.861. The Morgan fingerprint density at radius 1 is 1.13 bits per heavy atom. The van der Waals surface area contributed by atoms with E-state index in [0.29, 0.717) is 16.6 Å². The Bertz CT molecular complexity index is 1090. The molecule has 0 aliphatic rings. The molecule has 0 aliphatic carbocycles. The van der Waals surface area contributed by atoms with Crippen molar-refractivity contribution in [3.05, 3.63) is 54.6 Å². The summed E-state index contributed by atoms with van der Waals surface area (Å²) in [7, 11) is -2.49. The lowest BCUT2D eigenvalue weighted by atomic mass is 10.3. The fourth-order valence-electron chi connectivity index (χ4n) is 2.52. The zero-order valence-electron chi connectivity index (χ0n) is 16.3. The summed E-state index contributed by atoms with van der Waals surface area (Å²) in [5, 5.41) is 10.9. The molecule has 1 heterocycles. The lowest BCUT2D eigenvalue weighted by Crippen LogP contribution is -2.38. The van der Waals surface area contributed by atoms with Gasteiger partial charge in [0.1, 0.15) is 12.3 Å². The zero-order chi connectivity index (χ0) is 21.6. The second-order valence-electron chi connectivity index (χ2n) is 5.88. The van der Waals surface area contributed by atoms with Crippen LogP contribution in [0.25, 0.3) is 0 Å². The Balaban J connectivity index is 1.85. The number of ether oxygens (including phenoxy) is 1. The first kappa shape index (κ1) is 22.1. The van der Waals surface area contributed by atoms with Crippen molar-refractivity contribution in [2.45, 2.75) is 16.2 Å². The van der Waals surface area contributed by atoms with Gasteiger partial charge in [0.15, 0.2) is 4.34 Å². The van der Waals surface area contributed by atoms with Crippen molar-refractivity contribution >= 4 is 49.8 Å². The lowest BCUT2D eigenvalue weighted by molar-refractivity contribution is -0.114. The number of rotatable bonds is 9. The van der Waals surface area contributed by atoms with Crippen LogP contribution in [-0.2, 0) is 14.8 Å². The van der Waals surface area contributed by atoms with Crippen LogP contribution >= 0.6 is 23.1 Å². The van der Waals surface area contributed by atoms with Crippen LogP contribution in [0, 0.1) is 0 Å². The minimum atomic E-state index is -3.99.